The number of hydrogen-bond acceptors (Lipinski definition) is 6. The van der Waals surface area contributed by atoms with E-state index in [4.69, 9.17) is 11.6 Å². The molecule has 0 amide bonds. The maximum Gasteiger partial charge on any atom is 0.0737 e. The number of fused-ring (bicyclic) bond motifs is 1. The second-order valence-corrected chi connectivity index (χ2v) is 9.96. The highest BCUT2D eigenvalue weighted by Gasteiger charge is 2.26. The van der Waals surface area contributed by atoms with Crippen molar-refractivity contribution in [1.29, 1.82) is 0 Å². The van der Waals surface area contributed by atoms with Gasteiger partial charge in [-0.05, 0) is 46.5 Å². The molecule has 0 atom stereocenters. The number of pyridine rings is 1. The number of anilines is 1. The quantitative estimate of drug-likeness (QED) is 0.300. The van der Waals surface area contributed by atoms with Crippen molar-refractivity contribution in [3.63, 3.8) is 0 Å². The lowest BCUT2D eigenvalue weighted by Crippen LogP contribution is -2.48. The summed E-state index contributed by atoms with van der Waals surface area (Å²) in [6, 6.07) is 24.5. The van der Waals surface area contributed by atoms with E-state index in [-0.39, 0.29) is 19.3 Å². The van der Waals surface area contributed by atoms with Crippen LogP contribution in [0.4, 0.5) is 5.69 Å². The van der Waals surface area contributed by atoms with E-state index in [9.17, 15) is 10.2 Å². The fraction of sp³-hybridized carbons (Fsp3) is 0.300. The van der Waals surface area contributed by atoms with E-state index in [0.29, 0.717) is 5.02 Å². The lowest BCUT2D eigenvalue weighted by molar-refractivity contribution is 0.112. The number of piperazine rings is 1. The molecule has 1 fully saturated rings. The van der Waals surface area contributed by atoms with Crippen LogP contribution in [-0.2, 0) is 13.2 Å². The summed E-state index contributed by atoms with van der Waals surface area (Å²) in [5.41, 5.74) is 6.25. The van der Waals surface area contributed by atoms with Crippen LogP contribution < -0.4 is 5.32 Å². The molecule has 1 aliphatic rings. The smallest absolute Gasteiger partial charge is 0.0737 e. The summed E-state index contributed by atoms with van der Waals surface area (Å²) < 4.78 is 0. The highest BCUT2D eigenvalue weighted by Crippen LogP contribution is 2.30. The molecule has 37 heavy (non-hydrogen) atoms. The van der Waals surface area contributed by atoms with Gasteiger partial charge in [0.1, 0.15) is 0 Å². The Labute approximate surface area is 223 Å². The molecule has 0 radical (unpaired) electrons. The molecule has 0 unspecified atom stereocenters. The first-order valence-corrected chi connectivity index (χ1v) is 13.2. The normalized spacial score (nSPS) is 14.9. The third kappa shape index (κ3) is 6.12. The number of halogens is 1. The largest absolute Gasteiger partial charge is 0.392 e. The number of hydrogen-bond donors (Lipinski definition) is 3. The fourth-order valence-electron chi connectivity index (χ4n) is 5.09. The molecule has 0 saturated carbocycles. The van der Waals surface area contributed by atoms with Gasteiger partial charge in [-0.1, -0.05) is 60.1 Å². The van der Waals surface area contributed by atoms with E-state index in [2.05, 4.69) is 44.4 Å². The van der Waals surface area contributed by atoms with Crippen LogP contribution in [-0.4, -0.2) is 64.3 Å². The minimum Gasteiger partial charge on any atom is -0.392 e. The van der Waals surface area contributed by atoms with Gasteiger partial charge in [-0.15, -0.1) is 0 Å². The zero-order valence-corrected chi connectivity index (χ0v) is 21.6. The Morgan fingerprint density at radius 2 is 1.43 bits per heavy atom. The molecule has 1 saturated heterocycles. The molecule has 6 nitrogen and oxygen atoms in total. The van der Waals surface area contributed by atoms with Gasteiger partial charge in [0.2, 0.25) is 0 Å². The zero-order chi connectivity index (χ0) is 25.6. The van der Waals surface area contributed by atoms with Gasteiger partial charge in [-0.2, -0.15) is 0 Å². The number of rotatable bonds is 9. The van der Waals surface area contributed by atoms with E-state index in [1.165, 1.54) is 11.1 Å². The van der Waals surface area contributed by atoms with Gasteiger partial charge in [0.25, 0.3) is 0 Å². The fourth-order valence-corrected chi connectivity index (χ4v) is 5.26. The lowest BCUT2D eigenvalue weighted by atomic mass is 9.95. The summed E-state index contributed by atoms with van der Waals surface area (Å²) in [7, 11) is 0. The Kier molecular flexibility index (Phi) is 8.34. The molecule has 5 rings (SSSR count). The van der Waals surface area contributed by atoms with Crippen molar-refractivity contribution >= 4 is 28.2 Å². The summed E-state index contributed by atoms with van der Waals surface area (Å²) in [6.45, 7) is 5.83. The highest BCUT2D eigenvalue weighted by molar-refractivity contribution is 6.31. The molecule has 0 spiro atoms. The second kappa shape index (κ2) is 12.0. The summed E-state index contributed by atoms with van der Waals surface area (Å²) in [6.07, 6.45) is 1.82. The Hall–Kier alpha value is -3.00. The standard InChI is InChI=1S/C30H33ClN4O2/c31-26-9-10-27-28(11-12-32-29(27)19-26)33-13-14-34-15-17-35(18-16-34)30(24-5-1-22(20-36)2-6-24)25-7-3-23(21-37)4-8-25/h1-12,19,30,36-37H,13-18,20-21H2,(H,32,33). The monoisotopic (exact) mass is 516 g/mol. The van der Waals surface area contributed by atoms with Crippen molar-refractivity contribution in [2.45, 2.75) is 19.3 Å². The molecule has 0 aliphatic carbocycles. The predicted octanol–water partition coefficient (Wildman–Crippen LogP) is 4.69. The van der Waals surface area contributed by atoms with Crippen LogP contribution in [0.15, 0.2) is 79.0 Å². The minimum absolute atomic E-state index is 0.0475. The van der Waals surface area contributed by atoms with Crippen LogP contribution in [0, 0.1) is 0 Å². The van der Waals surface area contributed by atoms with Crippen molar-refractivity contribution in [2.24, 2.45) is 0 Å². The van der Waals surface area contributed by atoms with Crippen LogP contribution in [0.5, 0.6) is 0 Å². The first-order chi connectivity index (χ1) is 18.1. The summed E-state index contributed by atoms with van der Waals surface area (Å²) >= 11 is 6.13. The van der Waals surface area contributed by atoms with E-state index in [1.807, 2.05) is 54.7 Å². The van der Waals surface area contributed by atoms with E-state index in [1.54, 1.807) is 0 Å². The van der Waals surface area contributed by atoms with Gasteiger partial charge >= 0.3 is 0 Å². The van der Waals surface area contributed by atoms with Gasteiger partial charge in [-0.3, -0.25) is 14.8 Å². The molecule has 7 heteroatoms. The van der Waals surface area contributed by atoms with Crippen LogP contribution >= 0.6 is 11.6 Å². The van der Waals surface area contributed by atoms with Crippen LogP contribution in [0.25, 0.3) is 10.9 Å². The van der Waals surface area contributed by atoms with Gasteiger partial charge in [0, 0.05) is 61.6 Å². The Morgan fingerprint density at radius 1 is 0.811 bits per heavy atom. The molecule has 3 N–H and O–H groups in total. The molecule has 1 aromatic heterocycles. The number of aromatic nitrogens is 1. The van der Waals surface area contributed by atoms with E-state index >= 15 is 0 Å². The van der Waals surface area contributed by atoms with Gasteiger partial charge in [0.15, 0.2) is 0 Å². The summed E-state index contributed by atoms with van der Waals surface area (Å²) in [5.74, 6) is 0. The number of nitrogens with zero attached hydrogens (tertiary/aromatic N) is 3. The second-order valence-electron chi connectivity index (χ2n) is 9.53. The number of aliphatic hydroxyl groups is 2. The van der Waals surface area contributed by atoms with Crippen LogP contribution in [0.1, 0.15) is 28.3 Å². The summed E-state index contributed by atoms with van der Waals surface area (Å²) in [4.78, 5) is 9.47. The number of nitrogens with one attached hydrogen (secondary N) is 1. The third-order valence-electron chi connectivity index (χ3n) is 7.18. The predicted molar refractivity (Wildman–Crippen MR) is 150 cm³/mol. The average molecular weight is 517 g/mol. The molecule has 2 heterocycles. The molecule has 4 aromatic rings. The van der Waals surface area contributed by atoms with E-state index < -0.39 is 0 Å². The van der Waals surface area contributed by atoms with Crippen LogP contribution in [0.3, 0.4) is 0 Å². The van der Waals surface area contributed by atoms with E-state index in [0.717, 1.165) is 67.0 Å². The molecular formula is C30H33ClN4O2. The Bertz CT molecular complexity index is 1260. The van der Waals surface area contributed by atoms with Gasteiger partial charge in [-0.25, -0.2) is 0 Å². The van der Waals surface area contributed by atoms with Crippen molar-refractivity contribution in [3.05, 3.63) is 106 Å². The number of benzene rings is 3. The van der Waals surface area contributed by atoms with Crippen LogP contribution in [0.2, 0.25) is 5.02 Å². The van der Waals surface area contributed by atoms with Crippen molar-refractivity contribution < 1.29 is 10.2 Å². The van der Waals surface area contributed by atoms with Crippen molar-refractivity contribution in [3.8, 4) is 0 Å². The topological polar surface area (TPSA) is 71.9 Å². The zero-order valence-electron chi connectivity index (χ0n) is 20.9. The van der Waals surface area contributed by atoms with Crippen molar-refractivity contribution in [1.82, 2.24) is 14.8 Å². The first kappa shape index (κ1) is 25.6. The molecular weight excluding hydrogens is 484 g/mol. The maximum absolute atomic E-state index is 9.47. The molecule has 192 valence electrons. The maximum atomic E-state index is 9.47. The molecule has 1 aliphatic heterocycles. The lowest BCUT2D eigenvalue weighted by Gasteiger charge is -2.40. The molecule has 0 bridgehead atoms. The Balaban J connectivity index is 1.22. The average Bonchev–Trinajstić information content (AvgIpc) is 2.94. The minimum atomic E-state index is 0.0475. The summed E-state index contributed by atoms with van der Waals surface area (Å²) in [5, 5.41) is 24.3. The van der Waals surface area contributed by atoms with Gasteiger partial charge in [0.05, 0.1) is 24.8 Å². The first-order valence-electron chi connectivity index (χ1n) is 12.8. The Morgan fingerprint density at radius 3 is 2.03 bits per heavy atom. The highest BCUT2D eigenvalue weighted by atomic mass is 35.5. The van der Waals surface area contributed by atoms with Crippen molar-refractivity contribution in [2.75, 3.05) is 44.6 Å². The van der Waals surface area contributed by atoms with Gasteiger partial charge < -0.3 is 15.5 Å². The molecule has 3 aromatic carbocycles. The third-order valence-corrected chi connectivity index (χ3v) is 7.41. The SMILES string of the molecule is OCc1ccc(C(c2ccc(CO)cc2)N2CCN(CCNc3ccnc4cc(Cl)ccc34)CC2)cc1. The number of aliphatic hydroxyl groups excluding tert-OH is 2.